The molecule has 0 saturated heterocycles. The maximum atomic E-state index is 13.2. The lowest BCUT2D eigenvalue weighted by molar-refractivity contribution is 0.414. The second-order valence-corrected chi connectivity index (χ2v) is 6.91. The highest BCUT2D eigenvalue weighted by molar-refractivity contribution is 5.88. The van der Waals surface area contributed by atoms with E-state index in [9.17, 15) is 9.59 Å². The first-order valence-corrected chi connectivity index (χ1v) is 9.73. The van der Waals surface area contributed by atoms with Crippen molar-refractivity contribution in [1.29, 1.82) is 0 Å². The van der Waals surface area contributed by atoms with Gasteiger partial charge in [0.2, 0.25) is 11.1 Å². The van der Waals surface area contributed by atoms with Gasteiger partial charge in [0.15, 0.2) is 5.39 Å². The predicted molar refractivity (Wildman–Crippen MR) is 115 cm³/mol. The predicted octanol–water partition coefficient (Wildman–Crippen LogP) is 3.33. The molecule has 0 fully saturated rings. The van der Waals surface area contributed by atoms with E-state index in [1.807, 2.05) is 31.2 Å². The monoisotopic (exact) mass is 406 g/mol. The van der Waals surface area contributed by atoms with Crippen LogP contribution >= 0.6 is 0 Å². The van der Waals surface area contributed by atoms with E-state index in [1.165, 1.54) is 7.11 Å². The first-order valence-electron chi connectivity index (χ1n) is 9.73. The normalized spacial score (nSPS) is 11.2. The summed E-state index contributed by atoms with van der Waals surface area (Å²) < 4.78 is 17.8. The van der Waals surface area contributed by atoms with E-state index in [2.05, 4.69) is 4.98 Å². The van der Waals surface area contributed by atoms with Crippen LogP contribution in [-0.4, -0.2) is 23.8 Å². The Labute approximate surface area is 172 Å². The molecule has 0 N–H and O–H groups in total. The minimum Gasteiger partial charge on any atom is -0.497 e. The van der Waals surface area contributed by atoms with Gasteiger partial charge in [-0.2, -0.15) is 4.98 Å². The van der Waals surface area contributed by atoms with Crippen LogP contribution in [0.5, 0.6) is 11.5 Å². The van der Waals surface area contributed by atoms with E-state index >= 15 is 0 Å². The Bertz CT molecular complexity index is 1340. The van der Waals surface area contributed by atoms with Crippen LogP contribution in [-0.2, 0) is 19.4 Å². The van der Waals surface area contributed by atoms with Gasteiger partial charge in [-0.3, -0.25) is 14.2 Å². The third-order valence-corrected chi connectivity index (χ3v) is 5.18. The zero-order chi connectivity index (χ0) is 21.3. The zero-order valence-corrected chi connectivity index (χ0v) is 17.1. The summed E-state index contributed by atoms with van der Waals surface area (Å²) in [6, 6.07) is 12.6. The molecule has 4 aromatic rings. The first-order chi connectivity index (χ1) is 14.5. The molecule has 0 aliphatic carbocycles. The van der Waals surface area contributed by atoms with E-state index < -0.39 is 0 Å². The standard InChI is InChI=1S/C23H22N2O5/c1-4-19-24-22-20(21(26)17-10-9-16(29-3)13-18(17)30-22)23(27)25(19)12-11-14-5-7-15(28-2)8-6-14/h5-10,13H,4,11-12H2,1-3H3. The molecule has 0 aliphatic heterocycles. The Hall–Kier alpha value is -3.61. The van der Waals surface area contributed by atoms with Crippen molar-refractivity contribution in [3.63, 3.8) is 0 Å². The summed E-state index contributed by atoms with van der Waals surface area (Å²) in [6.07, 6.45) is 1.16. The van der Waals surface area contributed by atoms with Crippen LogP contribution in [0.3, 0.4) is 0 Å². The zero-order valence-electron chi connectivity index (χ0n) is 17.1. The van der Waals surface area contributed by atoms with Crippen molar-refractivity contribution in [2.45, 2.75) is 26.3 Å². The number of ether oxygens (including phenoxy) is 2. The van der Waals surface area contributed by atoms with Gasteiger partial charge in [0, 0.05) is 19.0 Å². The maximum absolute atomic E-state index is 13.2. The highest BCUT2D eigenvalue weighted by atomic mass is 16.5. The summed E-state index contributed by atoms with van der Waals surface area (Å²) in [5.74, 6) is 1.92. The van der Waals surface area contributed by atoms with Crippen molar-refractivity contribution in [2.75, 3.05) is 14.2 Å². The lowest BCUT2D eigenvalue weighted by Crippen LogP contribution is -2.29. The van der Waals surface area contributed by atoms with Gasteiger partial charge in [-0.1, -0.05) is 19.1 Å². The minimum absolute atomic E-state index is 0.0282. The molecule has 7 heteroatoms. The molecule has 0 amide bonds. The highest BCUT2D eigenvalue weighted by Crippen LogP contribution is 2.21. The number of aryl methyl sites for hydroxylation is 2. The van der Waals surface area contributed by atoms with Crippen molar-refractivity contribution in [1.82, 2.24) is 9.55 Å². The summed E-state index contributed by atoms with van der Waals surface area (Å²) in [6.45, 7) is 2.33. The van der Waals surface area contributed by atoms with E-state index in [0.29, 0.717) is 41.9 Å². The van der Waals surface area contributed by atoms with Gasteiger partial charge in [0.25, 0.3) is 5.56 Å². The van der Waals surface area contributed by atoms with Gasteiger partial charge >= 0.3 is 0 Å². The van der Waals surface area contributed by atoms with E-state index in [4.69, 9.17) is 13.9 Å². The van der Waals surface area contributed by atoms with Gasteiger partial charge < -0.3 is 13.9 Å². The summed E-state index contributed by atoms with van der Waals surface area (Å²) >= 11 is 0. The second-order valence-electron chi connectivity index (χ2n) is 6.91. The van der Waals surface area contributed by atoms with Crippen LogP contribution in [0, 0.1) is 0 Å². The largest absolute Gasteiger partial charge is 0.497 e. The van der Waals surface area contributed by atoms with Crippen LogP contribution in [0.15, 0.2) is 56.5 Å². The van der Waals surface area contributed by atoms with Gasteiger partial charge in [-0.25, -0.2) is 0 Å². The number of aromatic nitrogens is 2. The average molecular weight is 406 g/mol. The number of rotatable bonds is 6. The summed E-state index contributed by atoms with van der Waals surface area (Å²) in [7, 11) is 3.16. The number of hydrogen-bond acceptors (Lipinski definition) is 6. The molecule has 30 heavy (non-hydrogen) atoms. The Morgan fingerprint density at radius 3 is 2.37 bits per heavy atom. The summed E-state index contributed by atoms with van der Waals surface area (Å²) in [5, 5.41) is 0.299. The Balaban J connectivity index is 1.82. The lowest BCUT2D eigenvalue weighted by atomic mass is 10.1. The van der Waals surface area contributed by atoms with Crippen LogP contribution < -0.4 is 20.5 Å². The number of benzene rings is 2. The summed E-state index contributed by atoms with van der Waals surface area (Å²) in [4.78, 5) is 30.8. The summed E-state index contributed by atoms with van der Waals surface area (Å²) in [5.41, 5.74) is 0.701. The molecule has 0 unspecified atom stereocenters. The third kappa shape index (κ3) is 3.43. The molecule has 2 aromatic heterocycles. The fourth-order valence-corrected chi connectivity index (χ4v) is 3.52. The van der Waals surface area contributed by atoms with E-state index in [-0.39, 0.29) is 22.1 Å². The molecular weight excluding hydrogens is 384 g/mol. The van der Waals surface area contributed by atoms with Gasteiger partial charge in [-0.15, -0.1) is 0 Å². The number of methoxy groups -OCH3 is 2. The van der Waals surface area contributed by atoms with Crippen molar-refractivity contribution in [3.05, 3.63) is 74.4 Å². The molecule has 7 nitrogen and oxygen atoms in total. The Morgan fingerprint density at radius 2 is 1.70 bits per heavy atom. The van der Waals surface area contributed by atoms with Crippen molar-refractivity contribution < 1.29 is 13.9 Å². The number of hydrogen-bond donors (Lipinski definition) is 0. The molecule has 0 radical (unpaired) electrons. The fraction of sp³-hybridized carbons (Fsp3) is 0.261. The third-order valence-electron chi connectivity index (χ3n) is 5.18. The maximum Gasteiger partial charge on any atom is 0.268 e. The van der Waals surface area contributed by atoms with Crippen LogP contribution in [0.2, 0.25) is 0 Å². The quantitative estimate of drug-likeness (QED) is 0.457. The smallest absolute Gasteiger partial charge is 0.268 e. The first kappa shape index (κ1) is 19.7. The number of fused-ring (bicyclic) bond motifs is 2. The minimum atomic E-state index is -0.382. The number of nitrogens with zero attached hydrogens (tertiary/aromatic N) is 2. The Kier molecular flexibility index (Phi) is 5.27. The van der Waals surface area contributed by atoms with Crippen molar-refractivity contribution in [3.8, 4) is 11.5 Å². The SMILES string of the molecule is CCc1nc2oc3cc(OC)ccc3c(=O)c2c(=O)n1CCc1ccc(OC)cc1. The molecule has 0 spiro atoms. The topological polar surface area (TPSA) is 83.6 Å². The second kappa shape index (κ2) is 8.02. The molecule has 0 aliphatic rings. The molecule has 2 heterocycles. The van der Waals surface area contributed by atoms with Crippen LogP contribution in [0.4, 0.5) is 0 Å². The molecular formula is C23H22N2O5. The molecule has 4 rings (SSSR count). The van der Waals surface area contributed by atoms with Gasteiger partial charge in [0.1, 0.15) is 22.9 Å². The van der Waals surface area contributed by atoms with Crippen LogP contribution in [0.1, 0.15) is 18.3 Å². The molecule has 0 saturated carbocycles. The van der Waals surface area contributed by atoms with Crippen molar-refractivity contribution >= 4 is 22.1 Å². The Morgan fingerprint density at radius 1 is 1.00 bits per heavy atom. The molecule has 0 atom stereocenters. The fourth-order valence-electron chi connectivity index (χ4n) is 3.52. The van der Waals surface area contributed by atoms with E-state index in [1.54, 1.807) is 29.9 Å². The lowest BCUT2D eigenvalue weighted by Gasteiger charge is -2.12. The van der Waals surface area contributed by atoms with Gasteiger partial charge in [0.05, 0.1) is 19.6 Å². The molecule has 154 valence electrons. The average Bonchev–Trinajstić information content (AvgIpc) is 2.78. The van der Waals surface area contributed by atoms with Gasteiger partial charge in [-0.05, 0) is 36.2 Å². The molecule has 2 aromatic carbocycles. The molecule has 0 bridgehead atoms. The van der Waals surface area contributed by atoms with E-state index in [0.717, 1.165) is 11.3 Å². The van der Waals surface area contributed by atoms with Crippen molar-refractivity contribution in [2.24, 2.45) is 0 Å². The highest BCUT2D eigenvalue weighted by Gasteiger charge is 2.17. The van der Waals surface area contributed by atoms with Crippen LogP contribution in [0.25, 0.3) is 22.1 Å².